The van der Waals surface area contributed by atoms with E-state index in [1.165, 1.54) is 19.3 Å². The third-order valence-corrected chi connectivity index (χ3v) is 8.07. The van der Waals surface area contributed by atoms with Crippen LogP contribution in [0.4, 0.5) is 4.79 Å². The van der Waals surface area contributed by atoms with Crippen molar-refractivity contribution in [3.63, 3.8) is 0 Å². The molecule has 3 fully saturated rings. The molecule has 2 N–H and O–H groups in total. The lowest BCUT2D eigenvalue weighted by atomic mass is 9.65. The molecule has 1 heterocycles. The summed E-state index contributed by atoms with van der Waals surface area (Å²) in [5.74, 6) is -0.458. The predicted molar refractivity (Wildman–Crippen MR) is 120 cm³/mol. The van der Waals surface area contributed by atoms with E-state index in [9.17, 15) is 19.2 Å². The van der Waals surface area contributed by atoms with E-state index in [0.29, 0.717) is 31.2 Å². The standard InChI is InChI=1S/C24H39N3O5/c1-4-23(2,3)18-10-12-24(13-11-18)21(30)27(22(31)26-24)15-20(29)32-16-19(28)25-14-17-8-6-5-7-9-17/h17-18H,4-16H2,1-3H3,(H,25,28)(H,26,31). The second-order valence-electron chi connectivity index (χ2n) is 10.5. The molecule has 1 saturated heterocycles. The van der Waals surface area contributed by atoms with E-state index >= 15 is 0 Å². The Morgan fingerprint density at radius 3 is 2.41 bits per heavy atom. The smallest absolute Gasteiger partial charge is 0.326 e. The Bertz CT molecular complexity index is 721. The predicted octanol–water partition coefficient (Wildman–Crippen LogP) is 3.14. The molecule has 0 bridgehead atoms. The first-order valence-electron chi connectivity index (χ1n) is 12.2. The lowest BCUT2D eigenvalue weighted by Crippen LogP contribution is -2.51. The third kappa shape index (κ3) is 5.62. The van der Waals surface area contributed by atoms with Crippen LogP contribution in [0.5, 0.6) is 0 Å². The van der Waals surface area contributed by atoms with Crippen LogP contribution < -0.4 is 10.6 Å². The van der Waals surface area contributed by atoms with Gasteiger partial charge in [0.05, 0.1) is 0 Å². The van der Waals surface area contributed by atoms with E-state index in [4.69, 9.17) is 4.74 Å². The highest BCUT2D eigenvalue weighted by Crippen LogP contribution is 2.45. The number of carbonyl (C=O) groups excluding carboxylic acids is 4. The normalized spacial score (nSPS) is 26.8. The van der Waals surface area contributed by atoms with Gasteiger partial charge in [0.1, 0.15) is 12.1 Å². The molecule has 8 nitrogen and oxygen atoms in total. The van der Waals surface area contributed by atoms with Crippen molar-refractivity contribution >= 4 is 23.8 Å². The van der Waals surface area contributed by atoms with E-state index in [1.807, 2.05) is 0 Å². The molecule has 0 radical (unpaired) electrons. The summed E-state index contributed by atoms with van der Waals surface area (Å²) in [6.07, 6.45) is 9.84. The number of carbonyl (C=O) groups is 4. The fraction of sp³-hybridized carbons (Fsp3) is 0.833. The number of urea groups is 1. The van der Waals surface area contributed by atoms with Crippen LogP contribution in [0.25, 0.3) is 0 Å². The van der Waals surface area contributed by atoms with Gasteiger partial charge in [-0.1, -0.05) is 46.5 Å². The monoisotopic (exact) mass is 449 g/mol. The third-order valence-electron chi connectivity index (χ3n) is 8.07. The quantitative estimate of drug-likeness (QED) is 0.438. The SMILES string of the molecule is CCC(C)(C)C1CCC2(CC1)NC(=O)N(CC(=O)OCC(=O)NCC1CCCCC1)C2=O. The second-order valence-corrected chi connectivity index (χ2v) is 10.5. The molecule has 3 rings (SSSR count). The Balaban J connectivity index is 1.44. The van der Waals surface area contributed by atoms with Crippen molar-refractivity contribution in [1.82, 2.24) is 15.5 Å². The van der Waals surface area contributed by atoms with Crippen LogP contribution in [-0.4, -0.2) is 54.0 Å². The Morgan fingerprint density at radius 2 is 1.78 bits per heavy atom. The minimum atomic E-state index is -0.908. The first-order chi connectivity index (χ1) is 15.2. The summed E-state index contributed by atoms with van der Waals surface area (Å²) in [6, 6.07) is -0.554. The maximum Gasteiger partial charge on any atom is 0.326 e. The van der Waals surface area contributed by atoms with Gasteiger partial charge in [-0.15, -0.1) is 0 Å². The minimum absolute atomic E-state index is 0.203. The highest BCUT2D eigenvalue weighted by molar-refractivity contribution is 6.08. The maximum absolute atomic E-state index is 13.0. The molecule has 8 heteroatoms. The average Bonchev–Trinajstić information content (AvgIpc) is 3.01. The zero-order valence-corrected chi connectivity index (χ0v) is 19.8. The Hall–Kier alpha value is -2.12. The summed E-state index contributed by atoms with van der Waals surface area (Å²) in [4.78, 5) is 50.6. The first-order valence-corrected chi connectivity index (χ1v) is 12.2. The highest BCUT2D eigenvalue weighted by Gasteiger charge is 2.53. The van der Waals surface area contributed by atoms with E-state index in [2.05, 4.69) is 31.4 Å². The summed E-state index contributed by atoms with van der Waals surface area (Å²) in [5, 5.41) is 5.65. The molecule has 0 atom stereocenters. The number of nitrogens with zero attached hydrogens (tertiary/aromatic N) is 1. The summed E-state index contributed by atoms with van der Waals surface area (Å²) < 4.78 is 5.03. The van der Waals surface area contributed by atoms with E-state index < -0.39 is 30.7 Å². The van der Waals surface area contributed by atoms with Crippen LogP contribution in [0.1, 0.15) is 85.0 Å². The number of imide groups is 1. The molecule has 1 spiro atoms. The number of rotatable bonds is 8. The van der Waals surface area contributed by atoms with Gasteiger partial charge in [-0.05, 0) is 55.8 Å². The Kier molecular flexibility index (Phi) is 7.83. The average molecular weight is 450 g/mol. The maximum atomic E-state index is 13.0. The largest absolute Gasteiger partial charge is 0.454 e. The van der Waals surface area contributed by atoms with E-state index in [1.54, 1.807) is 0 Å². The molecule has 0 aromatic rings. The molecule has 1 aliphatic heterocycles. The van der Waals surface area contributed by atoms with Gasteiger partial charge >= 0.3 is 12.0 Å². The molecule has 2 aliphatic carbocycles. The van der Waals surface area contributed by atoms with Crippen molar-refractivity contribution in [1.29, 1.82) is 0 Å². The molecular formula is C24H39N3O5. The van der Waals surface area contributed by atoms with Crippen LogP contribution >= 0.6 is 0 Å². The molecular weight excluding hydrogens is 410 g/mol. The van der Waals surface area contributed by atoms with Crippen molar-refractivity contribution < 1.29 is 23.9 Å². The molecule has 0 unspecified atom stereocenters. The van der Waals surface area contributed by atoms with Crippen molar-refractivity contribution in [2.24, 2.45) is 17.3 Å². The number of hydrogen-bond donors (Lipinski definition) is 2. The summed E-state index contributed by atoms with van der Waals surface area (Å²) in [5.41, 5.74) is -0.705. The topological polar surface area (TPSA) is 105 Å². The van der Waals surface area contributed by atoms with Gasteiger partial charge in [-0.2, -0.15) is 0 Å². The zero-order valence-electron chi connectivity index (χ0n) is 19.8. The van der Waals surface area contributed by atoms with Gasteiger partial charge in [-0.3, -0.25) is 19.3 Å². The van der Waals surface area contributed by atoms with Gasteiger partial charge in [-0.25, -0.2) is 4.79 Å². The van der Waals surface area contributed by atoms with Gasteiger partial charge < -0.3 is 15.4 Å². The number of amides is 4. The van der Waals surface area contributed by atoms with Crippen LogP contribution in [0.2, 0.25) is 0 Å². The fourth-order valence-corrected chi connectivity index (χ4v) is 5.36. The second kappa shape index (κ2) is 10.2. The lowest BCUT2D eigenvalue weighted by molar-refractivity contribution is -0.151. The van der Waals surface area contributed by atoms with Gasteiger partial charge in [0.15, 0.2) is 6.61 Å². The number of esters is 1. The molecule has 0 aromatic carbocycles. The zero-order chi connectivity index (χ0) is 23.4. The van der Waals surface area contributed by atoms with Crippen molar-refractivity contribution in [2.75, 3.05) is 19.7 Å². The molecule has 32 heavy (non-hydrogen) atoms. The van der Waals surface area contributed by atoms with Gasteiger partial charge in [0, 0.05) is 6.54 Å². The highest BCUT2D eigenvalue weighted by atomic mass is 16.5. The number of hydrogen-bond acceptors (Lipinski definition) is 5. The van der Waals surface area contributed by atoms with Crippen LogP contribution in [0.3, 0.4) is 0 Å². The molecule has 180 valence electrons. The van der Waals surface area contributed by atoms with Gasteiger partial charge in [0.25, 0.3) is 11.8 Å². The van der Waals surface area contributed by atoms with E-state index in [-0.39, 0.29) is 17.2 Å². The first kappa shape index (κ1) is 24.5. The van der Waals surface area contributed by atoms with Crippen molar-refractivity contribution in [3.05, 3.63) is 0 Å². The van der Waals surface area contributed by atoms with E-state index in [0.717, 1.165) is 37.0 Å². The van der Waals surface area contributed by atoms with Crippen LogP contribution in [-0.2, 0) is 19.1 Å². The summed E-state index contributed by atoms with van der Waals surface area (Å²) in [7, 11) is 0. The summed E-state index contributed by atoms with van der Waals surface area (Å²) >= 11 is 0. The molecule has 3 aliphatic rings. The van der Waals surface area contributed by atoms with Crippen LogP contribution in [0, 0.1) is 17.3 Å². The van der Waals surface area contributed by atoms with Gasteiger partial charge in [0.2, 0.25) is 0 Å². The van der Waals surface area contributed by atoms with Crippen molar-refractivity contribution in [2.45, 2.75) is 90.5 Å². The fourth-order valence-electron chi connectivity index (χ4n) is 5.36. The lowest BCUT2D eigenvalue weighted by Gasteiger charge is -2.42. The number of nitrogens with one attached hydrogen (secondary N) is 2. The Morgan fingerprint density at radius 1 is 1.12 bits per heavy atom. The molecule has 0 aromatic heterocycles. The molecule has 2 saturated carbocycles. The van der Waals surface area contributed by atoms with Crippen LogP contribution in [0.15, 0.2) is 0 Å². The minimum Gasteiger partial charge on any atom is -0.454 e. The van der Waals surface area contributed by atoms with Crippen molar-refractivity contribution in [3.8, 4) is 0 Å². The summed E-state index contributed by atoms with van der Waals surface area (Å²) in [6.45, 7) is 6.41. The Labute approximate surface area is 191 Å². The number of ether oxygens (including phenoxy) is 1. The molecule has 4 amide bonds.